The summed E-state index contributed by atoms with van der Waals surface area (Å²) in [5.74, 6) is -2.43. The van der Waals surface area contributed by atoms with Crippen molar-refractivity contribution in [3.05, 3.63) is 36.5 Å². The minimum atomic E-state index is -1.48. The van der Waals surface area contributed by atoms with Crippen LogP contribution in [0.5, 0.6) is 0 Å². The number of esters is 2. The predicted octanol–water partition coefficient (Wildman–Crippen LogP) is 4.85. The van der Waals surface area contributed by atoms with E-state index in [1.165, 1.54) is 26.4 Å². The summed E-state index contributed by atoms with van der Waals surface area (Å²) < 4.78 is 23.1. The maximum atomic E-state index is 12.8. The summed E-state index contributed by atoms with van der Waals surface area (Å²) in [7, 11) is 2.76. The Morgan fingerprint density at radius 3 is 2.48 bits per heavy atom. The van der Waals surface area contributed by atoms with Gasteiger partial charge in [0.15, 0.2) is 6.10 Å². The molecule has 0 aliphatic carbocycles. The molecule has 0 aromatic carbocycles. The second-order valence-corrected chi connectivity index (χ2v) is 8.83. The van der Waals surface area contributed by atoms with E-state index in [4.69, 9.17) is 18.9 Å². The van der Waals surface area contributed by atoms with Gasteiger partial charge in [-0.15, -0.1) is 6.58 Å². The monoisotopic (exact) mass is 464 g/mol. The molecule has 0 unspecified atom stereocenters. The third-order valence-electron chi connectivity index (χ3n) is 5.95. The maximum absolute atomic E-state index is 12.8. The largest absolute Gasteiger partial charge is 0.466 e. The summed E-state index contributed by atoms with van der Waals surface area (Å²) in [5.41, 5.74) is -0.363. The molecule has 1 rings (SSSR count). The number of aldehydes is 1. The molecule has 0 amide bonds. The molecule has 3 atom stereocenters. The molecule has 1 heterocycles. The van der Waals surface area contributed by atoms with Crippen molar-refractivity contribution in [3.8, 4) is 0 Å². The zero-order valence-electron chi connectivity index (χ0n) is 20.8. The Hall–Kier alpha value is -2.25. The molecular formula is C26H40O7. The quantitative estimate of drug-likeness (QED) is 0.119. The Kier molecular flexibility index (Phi) is 12.3. The number of carbonyl (C=O) groups is 3. The second kappa shape index (κ2) is 14.1. The normalized spacial score (nSPS) is 24.6. The van der Waals surface area contributed by atoms with Crippen LogP contribution >= 0.6 is 0 Å². The molecule has 0 saturated carbocycles. The van der Waals surface area contributed by atoms with Crippen LogP contribution in [-0.2, 0) is 33.3 Å². The van der Waals surface area contributed by atoms with Gasteiger partial charge in [-0.2, -0.15) is 0 Å². The fourth-order valence-corrected chi connectivity index (χ4v) is 4.15. The van der Waals surface area contributed by atoms with Gasteiger partial charge in [0.2, 0.25) is 5.79 Å². The van der Waals surface area contributed by atoms with Gasteiger partial charge >= 0.3 is 11.9 Å². The fourth-order valence-electron chi connectivity index (χ4n) is 4.15. The highest BCUT2D eigenvalue weighted by atomic mass is 16.7. The fraction of sp³-hybridized carbons (Fsp3) is 0.654. The lowest BCUT2D eigenvalue weighted by atomic mass is 9.74. The zero-order valence-corrected chi connectivity index (χ0v) is 20.8. The van der Waals surface area contributed by atoms with Crippen molar-refractivity contribution in [2.45, 2.75) is 90.1 Å². The second-order valence-electron chi connectivity index (χ2n) is 8.83. The van der Waals surface area contributed by atoms with Crippen molar-refractivity contribution in [2.75, 3.05) is 14.2 Å². The summed E-state index contributed by atoms with van der Waals surface area (Å²) in [4.78, 5) is 36.1. The van der Waals surface area contributed by atoms with Crippen molar-refractivity contribution in [1.29, 1.82) is 0 Å². The van der Waals surface area contributed by atoms with E-state index in [2.05, 4.69) is 13.5 Å². The van der Waals surface area contributed by atoms with E-state index >= 15 is 0 Å². The third kappa shape index (κ3) is 7.93. The van der Waals surface area contributed by atoms with Gasteiger partial charge < -0.3 is 18.9 Å². The third-order valence-corrected chi connectivity index (χ3v) is 5.95. The standard InChI is InChI=1S/C26H40O7/c1-7-9-10-11-12-15-22(28)32-24-20(19-23(29)30-5)18-21(14-8-2)33-26(24,31-6)25(3,4)16-13-17-27/h8,13,16-17,19,21,24H,2,7,9-12,14-15,18H2,1,3-6H3/t21-,24+,26-/m1/s1. The van der Waals surface area contributed by atoms with Crippen molar-refractivity contribution in [2.24, 2.45) is 5.41 Å². The molecule has 0 bridgehead atoms. The van der Waals surface area contributed by atoms with Crippen molar-refractivity contribution in [3.63, 3.8) is 0 Å². The van der Waals surface area contributed by atoms with Crippen LogP contribution < -0.4 is 0 Å². The molecule has 0 aromatic rings. The average molecular weight is 465 g/mol. The number of methoxy groups -OCH3 is 2. The van der Waals surface area contributed by atoms with Crippen LogP contribution in [0.25, 0.3) is 0 Å². The van der Waals surface area contributed by atoms with Crippen molar-refractivity contribution in [1.82, 2.24) is 0 Å². The van der Waals surface area contributed by atoms with Gasteiger partial charge in [0, 0.05) is 25.0 Å². The Balaban J connectivity index is 3.39. The first-order valence-corrected chi connectivity index (χ1v) is 11.7. The summed E-state index contributed by atoms with van der Waals surface area (Å²) in [6.07, 6.45) is 11.4. The molecule has 0 spiro atoms. The van der Waals surface area contributed by atoms with E-state index in [9.17, 15) is 14.4 Å². The molecule has 0 aromatic heterocycles. The van der Waals surface area contributed by atoms with Crippen LogP contribution in [-0.4, -0.2) is 50.4 Å². The Morgan fingerprint density at radius 2 is 1.91 bits per heavy atom. The van der Waals surface area contributed by atoms with Crippen LogP contribution in [0, 0.1) is 5.41 Å². The highest BCUT2D eigenvalue weighted by molar-refractivity contribution is 5.83. The van der Waals surface area contributed by atoms with Crippen LogP contribution in [0.1, 0.15) is 72.1 Å². The number of allylic oxidation sites excluding steroid dienone is 1. The lowest BCUT2D eigenvalue weighted by Crippen LogP contribution is -2.62. The summed E-state index contributed by atoms with van der Waals surface area (Å²) in [6, 6.07) is 0. The minimum absolute atomic E-state index is 0.256. The van der Waals surface area contributed by atoms with Crippen LogP contribution in [0.15, 0.2) is 36.5 Å². The molecule has 186 valence electrons. The Bertz CT molecular complexity index is 722. The van der Waals surface area contributed by atoms with Crippen LogP contribution in [0.3, 0.4) is 0 Å². The van der Waals surface area contributed by atoms with E-state index in [0.717, 1.165) is 32.1 Å². The summed E-state index contributed by atoms with van der Waals surface area (Å²) in [6.45, 7) is 9.58. The van der Waals surface area contributed by atoms with E-state index in [1.807, 2.05) is 13.8 Å². The lowest BCUT2D eigenvalue weighted by molar-refractivity contribution is -0.335. The first-order valence-electron chi connectivity index (χ1n) is 11.7. The van der Waals surface area contributed by atoms with E-state index < -0.39 is 29.2 Å². The number of ether oxygens (including phenoxy) is 4. The van der Waals surface area contributed by atoms with Gasteiger partial charge in [-0.05, 0) is 30.9 Å². The predicted molar refractivity (Wildman–Crippen MR) is 126 cm³/mol. The van der Waals surface area contributed by atoms with Gasteiger partial charge in [-0.25, -0.2) is 4.79 Å². The van der Waals surface area contributed by atoms with Gasteiger partial charge in [-0.3, -0.25) is 9.59 Å². The van der Waals surface area contributed by atoms with Gasteiger partial charge in [0.25, 0.3) is 0 Å². The minimum Gasteiger partial charge on any atom is -0.466 e. The van der Waals surface area contributed by atoms with Crippen molar-refractivity contribution < 1.29 is 33.3 Å². The molecule has 33 heavy (non-hydrogen) atoms. The van der Waals surface area contributed by atoms with Gasteiger partial charge in [0.05, 0.1) is 13.2 Å². The number of rotatable bonds is 14. The van der Waals surface area contributed by atoms with E-state index in [0.29, 0.717) is 24.7 Å². The van der Waals surface area contributed by atoms with E-state index in [-0.39, 0.29) is 12.5 Å². The topological polar surface area (TPSA) is 88.1 Å². The van der Waals surface area contributed by atoms with Gasteiger partial charge in [0.1, 0.15) is 6.29 Å². The number of hydrogen-bond acceptors (Lipinski definition) is 7. The average Bonchev–Trinajstić information content (AvgIpc) is 2.78. The summed E-state index contributed by atoms with van der Waals surface area (Å²) >= 11 is 0. The first-order chi connectivity index (χ1) is 15.7. The Labute approximate surface area is 198 Å². The SMILES string of the molecule is C=CC[C@@H]1CC(=CC(=O)OC)[C@H](OC(=O)CCCCCCC)[C@](OC)(C(C)(C)C=CC=O)O1. The van der Waals surface area contributed by atoms with Gasteiger partial charge in [-0.1, -0.05) is 58.6 Å². The first kappa shape index (κ1) is 28.8. The molecule has 1 saturated heterocycles. The number of carbonyl (C=O) groups excluding carboxylic acids is 3. The number of unbranched alkanes of at least 4 members (excludes halogenated alkanes) is 4. The molecule has 0 radical (unpaired) electrons. The highest BCUT2D eigenvalue weighted by Crippen LogP contribution is 2.48. The Morgan fingerprint density at radius 1 is 1.21 bits per heavy atom. The maximum Gasteiger partial charge on any atom is 0.330 e. The smallest absolute Gasteiger partial charge is 0.330 e. The number of hydrogen-bond donors (Lipinski definition) is 0. The highest BCUT2D eigenvalue weighted by Gasteiger charge is 2.58. The van der Waals surface area contributed by atoms with Crippen LogP contribution in [0.2, 0.25) is 0 Å². The lowest BCUT2D eigenvalue weighted by Gasteiger charge is -2.52. The summed E-state index contributed by atoms with van der Waals surface area (Å²) in [5, 5.41) is 0. The molecule has 7 nitrogen and oxygen atoms in total. The molecule has 7 heteroatoms. The molecule has 1 aliphatic rings. The molecule has 1 aliphatic heterocycles. The van der Waals surface area contributed by atoms with E-state index in [1.54, 1.807) is 12.2 Å². The van der Waals surface area contributed by atoms with Crippen molar-refractivity contribution >= 4 is 18.2 Å². The molecule has 0 N–H and O–H groups in total. The molecular weight excluding hydrogens is 424 g/mol. The zero-order chi connectivity index (χ0) is 24.9. The molecule has 1 fully saturated rings. The van der Waals surface area contributed by atoms with Crippen LogP contribution in [0.4, 0.5) is 0 Å².